The molecular formula is C14H21BrN2O. The van der Waals surface area contributed by atoms with Crippen molar-refractivity contribution in [2.75, 3.05) is 31.5 Å². The molecule has 1 heterocycles. The van der Waals surface area contributed by atoms with Crippen molar-refractivity contribution in [1.82, 2.24) is 4.90 Å². The van der Waals surface area contributed by atoms with E-state index in [0.717, 1.165) is 29.7 Å². The van der Waals surface area contributed by atoms with Gasteiger partial charge in [0.2, 0.25) is 0 Å². The molecule has 0 saturated carbocycles. The van der Waals surface area contributed by atoms with E-state index in [4.69, 9.17) is 0 Å². The van der Waals surface area contributed by atoms with Crippen LogP contribution in [-0.4, -0.2) is 36.2 Å². The fraction of sp³-hybridized carbons (Fsp3) is 0.571. The average molecular weight is 313 g/mol. The first-order chi connectivity index (χ1) is 8.75. The Hall–Kier alpha value is -0.740. The van der Waals surface area contributed by atoms with Gasteiger partial charge in [0, 0.05) is 11.0 Å². The Bertz CT molecular complexity index is 378. The summed E-state index contributed by atoms with van der Waals surface area (Å²) in [6, 6.07) is 5.56. The number of nitrogens with zero attached hydrogens (tertiary/aromatic N) is 1. The van der Waals surface area contributed by atoms with Gasteiger partial charge in [0.25, 0.3) is 0 Å². The molecule has 2 rings (SSSR count). The first-order valence-corrected chi connectivity index (χ1v) is 7.50. The minimum absolute atomic E-state index is 0.308. The van der Waals surface area contributed by atoms with Crippen LogP contribution in [0.2, 0.25) is 0 Å². The van der Waals surface area contributed by atoms with Crippen molar-refractivity contribution in [3.63, 3.8) is 0 Å². The predicted molar refractivity (Wildman–Crippen MR) is 79.2 cm³/mol. The fourth-order valence-corrected chi connectivity index (χ4v) is 2.71. The third kappa shape index (κ3) is 4.18. The Kier molecular flexibility index (Phi) is 5.32. The van der Waals surface area contributed by atoms with Crippen LogP contribution in [-0.2, 0) is 0 Å². The number of nitrogens with one attached hydrogen (secondary N) is 1. The van der Waals surface area contributed by atoms with Crippen molar-refractivity contribution in [3.8, 4) is 5.75 Å². The molecule has 0 aromatic heterocycles. The average Bonchev–Trinajstić information content (AvgIpc) is 2.38. The van der Waals surface area contributed by atoms with Gasteiger partial charge in [-0.2, -0.15) is 0 Å². The summed E-state index contributed by atoms with van der Waals surface area (Å²) < 4.78 is 0.902. The summed E-state index contributed by atoms with van der Waals surface area (Å²) in [7, 11) is 0. The molecule has 1 saturated heterocycles. The van der Waals surface area contributed by atoms with E-state index in [9.17, 15) is 5.11 Å². The zero-order chi connectivity index (χ0) is 12.8. The van der Waals surface area contributed by atoms with E-state index < -0.39 is 0 Å². The standard InChI is InChI=1S/C14H21BrN2O/c15-12-5-6-13(14(18)11-12)16-7-4-10-17-8-2-1-3-9-17/h5-6,11,16,18H,1-4,7-10H2. The van der Waals surface area contributed by atoms with Crippen LogP contribution in [0, 0.1) is 0 Å². The number of phenols is 1. The zero-order valence-corrected chi connectivity index (χ0v) is 12.2. The fourth-order valence-electron chi connectivity index (χ4n) is 2.36. The van der Waals surface area contributed by atoms with Gasteiger partial charge in [0.05, 0.1) is 5.69 Å². The van der Waals surface area contributed by atoms with Crippen molar-refractivity contribution in [2.24, 2.45) is 0 Å². The van der Waals surface area contributed by atoms with Gasteiger partial charge in [-0.15, -0.1) is 0 Å². The highest BCUT2D eigenvalue weighted by molar-refractivity contribution is 9.10. The molecule has 0 atom stereocenters. The number of benzene rings is 1. The van der Waals surface area contributed by atoms with Crippen molar-refractivity contribution in [2.45, 2.75) is 25.7 Å². The van der Waals surface area contributed by atoms with E-state index in [2.05, 4.69) is 26.1 Å². The molecule has 1 fully saturated rings. The molecule has 1 aliphatic rings. The Morgan fingerprint density at radius 1 is 1.22 bits per heavy atom. The Labute approximate surface area is 117 Å². The number of anilines is 1. The molecule has 18 heavy (non-hydrogen) atoms. The topological polar surface area (TPSA) is 35.5 Å². The normalized spacial score (nSPS) is 16.7. The first kappa shape index (κ1) is 13.7. The molecule has 2 N–H and O–H groups in total. The van der Waals surface area contributed by atoms with Gasteiger partial charge in [-0.25, -0.2) is 0 Å². The summed E-state index contributed by atoms with van der Waals surface area (Å²) in [5.41, 5.74) is 0.817. The summed E-state index contributed by atoms with van der Waals surface area (Å²) in [6.07, 6.45) is 5.21. The third-order valence-electron chi connectivity index (χ3n) is 3.38. The van der Waals surface area contributed by atoms with E-state index in [1.54, 1.807) is 6.07 Å². The largest absolute Gasteiger partial charge is 0.506 e. The lowest BCUT2D eigenvalue weighted by atomic mass is 10.1. The lowest BCUT2D eigenvalue weighted by molar-refractivity contribution is 0.228. The molecule has 0 radical (unpaired) electrons. The molecule has 0 bridgehead atoms. The molecule has 100 valence electrons. The van der Waals surface area contributed by atoms with E-state index in [1.807, 2.05) is 12.1 Å². The van der Waals surface area contributed by atoms with E-state index in [0.29, 0.717) is 5.75 Å². The van der Waals surface area contributed by atoms with E-state index >= 15 is 0 Å². The maximum absolute atomic E-state index is 9.74. The Morgan fingerprint density at radius 2 is 2.00 bits per heavy atom. The summed E-state index contributed by atoms with van der Waals surface area (Å²) in [6.45, 7) is 4.57. The van der Waals surface area contributed by atoms with E-state index in [1.165, 1.54) is 32.4 Å². The quantitative estimate of drug-likeness (QED) is 0.646. The molecule has 3 nitrogen and oxygen atoms in total. The second-order valence-electron chi connectivity index (χ2n) is 4.84. The summed E-state index contributed by atoms with van der Waals surface area (Å²) >= 11 is 3.34. The van der Waals surface area contributed by atoms with Crippen LogP contribution in [0.15, 0.2) is 22.7 Å². The number of hydrogen-bond acceptors (Lipinski definition) is 3. The maximum Gasteiger partial charge on any atom is 0.139 e. The summed E-state index contributed by atoms with van der Waals surface area (Å²) in [4.78, 5) is 2.53. The molecule has 1 aromatic carbocycles. The Balaban J connectivity index is 1.68. The van der Waals surface area contributed by atoms with Crippen molar-refractivity contribution in [1.29, 1.82) is 0 Å². The number of halogens is 1. The lowest BCUT2D eigenvalue weighted by Crippen LogP contribution is -2.31. The molecule has 1 aliphatic heterocycles. The highest BCUT2D eigenvalue weighted by Gasteiger charge is 2.09. The number of phenolic OH excluding ortho intramolecular Hbond substituents is 1. The highest BCUT2D eigenvalue weighted by Crippen LogP contribution is 2.26. The zero-order valence-electron chi connectivity index (χ0n) is 10.7. The minimum atomic E-state index is 0.308. The van der Waals surface area contributed by atoms with Crippen LogP contribution in [0.25, 0.3) is 0 Å². The number of likely N-dealkylation sites (tertiary alicyclic amines) is 1. The van der Waals surface area contributed by atoms with Gasteiger partial charge < -0.3 is 15.3 Å². The molecular weight excluding hydrogens is 292 g/mol. The van der Waals surface area contributed by atoms with Crippen molar-refractivity contribution >= 4 is 21.6 Å². The van der Waals surface area contributed by atoms with Crippen LogP contribution < -0.4 is 5.32 Å². The second-order valence-corrected chi connectivity index (χ2v) is 5.76. The van der Waals surface area contributed by atoms with Crippen LogP contribution in [0.3, 0.4) is 0 Å². The van der Waals surface area contributed by atoms with Gasteiger partial charge in [-0.3, -0.25) is 0 Å². The third-order valence-corrected chi connectivity index (χ3v) is 3.87. The van der Waals surface area contributed by atoms with E-state index in [-0.39, 0.29) is 0 Å². The SMILES string of the molecule is Oc1cc(Br)ccc1NCCCN1CCCCC1. The smallest absolute Gasteiger partial charge is 0.139 e. The van der Waals surface area contributed by atoms with Gasteiger partial charge >= 0.3 is 0 Å². The molecule has 0 unspecified atom stereocenters. The van der Waals surface area contributed by atoms with Crippen LogP contribution in [0.5, 0.6) is 5.75 Å². The highest BCUT2D eigenvalue weighted by atomic mass is 79.9. The summed E-state index contributed by atoms with van der Waals surface area (Å²) in [5, 5.41) is 13.0. The number of aromatic hydroxyl groups is 1. The predicted octanol–water partition coefficient (Wildman–Crippen LogP) is 3.44. The minimum Gasteiger partial charge on any atom is -0.506 e. The number of hydrogen-bond donors (Lipinski definition) is 2. The summed E-state index contributed by atoms with van der Waals surface area (Å²) in [5.74, 6) is 0.308. The monoisotopic (exact) mass is 312 g/mol. The molecule has 0 spiro atoms. The van der Waals surface area contributed by atoms with Gasteiger partial charge in [-0.05, 0) is 57.1 Å². The Morgan fingerprint density at radius 3 is 2.72 bits per heavy atom. The lowest BCUT2D eigenvalue weighted by Gasteiger charge is -2.26. The molecule has 0 amide bonds. The van der Waals surface area contributed by atoms with Crippen LogP contribution in [0.4, 0.5) is 5.69 Å². The number of piperidine rings is 1. The molecule has 1 aromatic rings. The second kappa shape index (κ2) is 7.00. The van der Waals surface area contributed by atoms with Gasteiger partial charge in [-0.1, -0.05) is 22.4 Å². The van der Waals surface area contributed by atoms with Crippen molar-refractivity contribution in [3.05, 3.63) is 22.7 Å². The van der Waals surface area contributed by atoms with Crippen molar-refractivity contribution < 1.29 is 5.11 Å². The molecule has 4 heteroatoms. The molecule has 0 aliphatic carbocycles. The van der Waals surface area contributed by atoms with Crippen LogP contribution >= 0.6 is 15.9 Å². The first-order valence-electron chi connectivity index (χ1n) is 6.70. The maximum atomic E-state index is 9.74. The van der Waals surface area contributed by atoms with Crippen LogP contribution in [0.1, 0.15) is 25.7 Å². The number of rotatable bonds is 5. The van der Waals surface area contributed by atoms with Gasteiger partial charge in [0.1, 0.15) is 5.75 Å². The van der Waals surface area contributed by atoms with Gasteiger partial charge in [0.15, 0.2) is 0 Å².